The Labute approximate surface area is 92.1 Å². The van der Waals surface area contributed by atoms with Crippen LogP contribution in [0.2, 0.25) is 0 Å². The Morgan fingerprint density at radius 3 is 1.67 bits per heavy atom. The van der Waals surface area contributed by atoms with Crippen molar-refractivity contribution in [1.82, 2.24) is 0 Å². The summed E-state index contributed by atoms with van der Waals surface area (Å²) < 4.78 is 4.78. The summed E-state index contributed by atoms with van der Waals surface area (Å²) in [6.07, 6.45) is 8.85. The SMILES string of the molecule is CCCC/C=C(\O)O/C(O)=C/CCCC. The summed E-state index contributed by atoms with van der Waals surface area (Å²) in [5, 5.41) is 18.5. The molecule has 0 fully saturated rings. The quantitative estimate of drug-likeness (QED) is 0.470. The van der Waals surface area contributed by atoms with Crippen LogP contribution in [0.5, 0.6) is 0 Å². The average molecular weight is 214 g/mol. The van der Waals surface area contributed by atoms with Crippen LogP contribution in [0, 0.1) is 0 Å². The predicted molar refractivity (Wildman–Crippen MR) is 61.6 cm³/mol. The molecule has 0 bridgehead atoms. The summed E-state index contributed by atoms with van der Waals surface area (Å²) >= 11 is 0. The molecule has 0 aromatic rings. The van der Waals surface area contributed by atoms with Crippen molar-refractivity contribution in [2.45, 2.75) is 52.4 Å². The van der Waals surface area contributed by atoms with Gasteiger partial charge in [0.05, 0.1) is 0 Å². The highest BCUT2D eigenvalue weighted by molar-refractivity contribution is 4.89. The maximum absolute atomic E-state index is 9.24. The van der Waals surface area contributed by atoms with Gasteiger partial charge in [0.1, 0.15) is 0 Å². The van der Waals surface area contributed by atoms with Crippen LogP contribution in [0.3, 0.4) is 0 Å². The van der Waals surface area contributed by atoms with Gasteiger partial charge in [0, 0.05) is 0 Å². The second kappa shape index (κ2) is 9.44. The normalized spacial score (nSPS) is 12.9. The standard InChI is InChI=1S/C12H22O3/c1-3-5-7-9-11(13)15-12(14)10-8-6-4-2/h9-10,13-14H,3-8H2,1-2H3/b11-9+,12-10+. The van der Waals surface area contributed by atoms with Gasteiger partial charge in [-0.25, -0.2) is 0 Å². The number of hydrogen-bond donors (Lipinski definition) is 2. The minimum atomic E-state index is -0.214. The summed E-state index contributed by atoms with van der Waals surface area (Å²) in [5.41, 5.74) is 0. The number of aliphatic hydroxyl groups excluding tert-OH is 2. The van der Waals surface area contributed by atoms with Crippen molar-refractivity contribution in [1.29, 1.82) is 0 Å². The first kappa shape index (κ1) is 13.9. The van der Waals surface area contributed by atoms with Gasteiger partial charge < -0.3 is 14.9 Å². The fourth-order valence-electron chi connectivity index (χ4n) is 1.05. The van der Waals surface area contributed by atoms with E-state index in [0.29, 0.717) is 0 Å². The minimum absolute atomic E-state index is 0.214. The van der Waals surface area contributed by atoms with Gasteiger partial charge in [-0.2, -0.15) is 0 Å². The average Bonchev–Trinajstić information content (AvgIpc) is 2.18. The van der Waals surface area contributed by atoms with Gasteiger partial charge >= 0.3 is 0 Å². The Morgan fingerprint density at radius 1 is 0.933 bits per heavy atom. The van der Waals surface area contributed by atoms with E-state index in [1.54, 1.807) is 12.2 Å². The maximum atomic E-state index is 9.24. The smallest absolute Gasteiger partial charge is 0.280 e. The van der Waals surface area contributed by atoms with Gasteiger partial charge in [-0.15, -0.1) is 0 Å². The van der Waals surface area contributed by atoms with E-state index < -0.39 is 0 Å². The lowest BCUT2D eigenvalue weighted by atomic mass is 10.2. The van der Waals surface area contributed by atoms with E-state index in [-0.39, 0.29) is 11.9 Å². The first-order valence-electron chi connectivity index (χ1n) is 5.66. The van der Waals surface area contributed by atoms with Gasteiger partial charge in [-0.3, -0.25) is 0 Å². The second-order valence-electron chi connectivity index (χ2n) is 3.47. The van der Waals surface area contributed by atoms with Crippen LogP contribution in [0.1, 0.15) is 52.4 Å². The van der Waals surface area contributed by atoms with Crippen LogP contribution in [-0.4, -0.2) is 10.2 Å². The van der Waals surface area contributed by atoms with Crippen molar-refractivity contribution in [3.05, 3.63) is 24.0 Å². The van der Waals surface area contributed by atoms with Crippen molar-refractivity contribution in [2.75, 3.05) is 0 Å². The van der Waals surface area contributed by atoms with E-state index in [4.69, 9.17) is 4.74 Å². The molecule has 0 aromatic heterocycles. The number of unbranched alkanes of at least 4 members (excludes halogenated alkanes) is 4. The number of aliphatic hydroxyl groups is 2. The first-order valence-corrected chi connectivity index (χ1v) is 5.66. The second-order valence-corrected chi connectivity index (χ2v) is 3.47. The van der Waals surface area contributed by atoms with E-state index in [1.165, 1.54) is 0 Å². The van der Waals surface area contributed by atoms with E-state index in [2.05, 4.69) is 13.8 Å². The lowest BCUT2D eigenvalue weighted by Crippen LogP contribution is -1.92. The van der Waals surface area contributed by atoms with Crippen LogP contribution >= 0.6 is 0 Å². The molecular weight excluding hydrogens is 192 g/mol. The molecule has 0 aliphatic rings. The van der Waals surface area contributed by atoms with Crippen molar-refractivity contribution in [3.63, 3.8) is 0 Å². The maximum Gasteiger partial charge on any atom is 0.280 e. The van der Waals surface area contributed by atoms with E-state index in [0.717, 1.165) is 38.5 Å². The summed E-state index contributed by atoms with van der Waals surface area (Å²) in [6.45, 7) is 4.15. The fourth-order valence-corrected chi connectivity index (χ4v) is 1.05. The van der Waals surface area contributed by atoms with Crippen LogP contribution in [0.25, 0.3) is 0 Å². The number of allylic oxidation sites excluding steroid dienone is 2. The fraction of sp³-hybridized carbons (Fsp3) is 0.667. The van der Waals surface area contributed by atoms with Gasteiger partial charge in [0.15, 0.2) is 0 Å². The van der Waals surface area contributed by atoms with Gasteiger partial charge in [0.25, 0.3) is 11.9 Å². The van der Waals surface area contributed by atoms with E-state index in [9.17, 15) is 10.2 Å². The van der Waals surface area contributed by atoms with Crippen LogP contribution in [0.15, 0.2) is 24.0 Å². The molecule has 15 heavy (non-hydrogen) atoms. The zero-order chi connectivity index (χ0) is 11.5. The van der Waals surface area contributed by atoms with E-state index in [1.807, 2.05) is 0 Å². The Kier molecular flexibility index (Phi) is 8.73. The molecule has 0 amide bonds. The molecule has 0 aromatic carbocycles. The Hall–Kier alpha value is -1.12. The van der Waals surface area contributed by atoms with Crippen LogP contribution in [0.4, 0.5) is 0 Å². The molecule has 88 valence electrons. The molecule has 0 radical (unpaired) electrons. The number of hydrogen-bond acceptors (Lipinski definition) is 3. The van der Waals surface area contributed by atoms with Crippen molar-refractivity contribution >= 4 is 0 Å². The van der Waals surface area contributed by atoms with Crippen molar-refractivity contribution in [3.8, 4) is 0 Å². The molecule has 3 heteroatoms. The summed E-state index contributed by atoms with van der Waals surface area (Å²) in [5.74, 6) is -0.428. The summed E-state index contributed by atoms with van der Waals surface area (Å²) in [6, 6.07) is 0. The van der Waals surface area contributed by atoms with Gasteiger partial charge in [-0.1, -0.05) is 26.7 Å². The zero-order valence-corrected chi connectivity index (χ0v) is 9.70. The van der Waals surface area contributed by atoms with Crippen molar-refractivity contribution in [2.24, 2.45) is 0 Å². The highest BCUT2D eigenvalue weighted by atomic mass is 16.7. The number of rotatable bonds is 8. The Balaban J connectivity index is 3.78. The summed E-state index contributed by atoms with van der Waals surface area (Å²) in [4.78, 5) is 0. The molecular formula is C12H22O3. The molecule has 0 rings (SSSR count). The monoisotopic (exact) mass is 214 g/mol. The predicted octanol–water partition coefficient (Wildman–Crippen LogP) is 4.18. The molecule has 0 aliphatic carbocycles. The third-order valence-electron chi connectivity index (χ3n) is 1.96. The van der Waals surface area contributed by atoms with E-state index >= 15 is 0 Å². The lowest BCUT2D eigenvalue weighted by molar-refractivity contribution is 0.0661. The molecule has 2 N–H and O–H groups in total. The molecule has 0 spiro atoms. The highest BCUT2D eigenvalue weighted by Crippen LogP contribution is 2.06. The minimum Gasteiger partial charge on any atom is -0.481 e. The molecule has 3 nitrogen and oxygen atoms in total. The molecule has 0 saturated carbocycles. The van der Waals surface area contributed by atoms with Crippen LogP contribution in [-0.2, 0) is 4.74 Å². The van der Waals surface area contributed by atoms with Gasteiger partial charge in [0.2, 0.25) is 0 Å². The third kappa shape index (κ3) is 9.19. The van der Waals surface area contributed by atoms with Crippen LogP contribution < -0.4 is 0 Å². The van der Waals surface area contributed by atoms with Crippen molar-refractivity contribution < 1.29 is 14.9 Å². The molecule has 0 saturated heterocycles. The molecule has 0 atom stereocenters. The topological polar surface area (TPSA) is 49.7 Å². The zero-order valence-electron chi connectivity index (χ0n) is 9.70. The number of ether oxygens (including phenoxy) is 1. The highest BCUT2D eigenvalue weighted by Gasteiger charge is 1.97. The first-order chi connectivity index (χ1) is 7.20. The Morgan fingerprint density at radius 2 is 1.33 bits per heavy atom. The molecule has 0 aliphatic heterocycles. The third-order valence-corrected chi connectivity index (χ3v) is 1.96. The van der Waals surface area contributed by atoms with Gasteiger partial charge in [-0.05, 0) is 37.8 Å². The summed E-state index contributed by atoms with van der Waals surface area (Å²) in [7, 11) is 0. The molecule has 0 heterocycles. The molecule has 0 unspecified atom stereocenters. The Bertz CT molecular complexity index is 185. The largest absolute Gasteiger partial charge is 0.481 e. The lowest BCUT2D eigenvalue weighted by Gasteiger charge is -2.02.